The topological polar surface area (TPSA) is 53.2 Å². The molecule has 0 N–H and O–H groups in total. The van der Waals surface area contributed by atoms with Gasteiger partial charge >= 0.3 is 0 Å². The van der Waals surface area contributed by atoms with E-state index in [0.29, 0.717) is 18.1 Å². The highest BCUT2D eigenvalue weighted by Crippen LogP contribution is 2.35. The van der Waals surface area contributed by atoms with Crippen LogP contribution in [-0.4, -0.2) is 27.1 Å². The number of ether oxygens (including phenoxy) is 3. The molecular formula is C28H29NO4S. The van der Waals surface area contributed by atoms with Gasteiger partial charge in [-0.25, -0.2) is 4.99 Å². The second kappa shape index (κ2) is 10.3. The van der Waals surface area contributed by atoms with E-state index in [2.05, 4.69) is 42.7 Å². The standard InChI is InChI=1S/C28H29NO4S/c1-7-32-26-15-20(19-8-11-22(34-6)12-9-19)14-23(27-17(2)33-18(3)28(26)27)29-21-10-13-24(30-4)25(16-21)31-5/h8-16H,7H2,1-6H3. The lowest BCUT2D eigenvalue weighted by molar-refractivity contribution is 0.344. The van der Waals surface area contributed by atoms with Crippen LogP contribution in [0.2, 0.25) is 0 Å². The number of hydrogen-bond acceptors (Lipinski definition) is 6. The molecule has 0 fully saturated rings. The zero-order chi connectivity index (χ0) is 24.2. The van der Waals surface area contributed by atoms with Crippen LogP contribution in [0.4, 0.5) is 5.69 Å². The maximum atomic E-state index is 6.11. The van der Waals surface area contributed by atoms with Crippen molar-refractivity contribution in [2.24, 2.45) is 4.99 Å². The minimum atomic E-state index is 0.551. The highest BCUT2D eigenvalue weighted by Gasteiger charge is 2.16. The Morgan fingerprint density at radius 2 is 1.50 bits per heavy atom. The Morgan fingerprint density at radius 1 is 0.794 bits per heavy atom. The Bertz CT molecular complexity index is 1390. The van der Waals surface area contributed by atoms with Gasteiger partial charge in [0.25, 0.3) is 0 Å². The summed E-state index contributed by atoms with van der Waals surface area (Å²) in [6.07, 6.45) is 2.08. The van der Waals surface area contributed by atoms with Gasteiger partial charge in [-0.3, -0.25) is 0 Å². The largest absolute Gasteiger partial charge is 0.493 e. The molecule has 176 valence electrons. The quantitative estimate of drug-likeness (QED) is 0.267. The highest BCUT2D eigenvalue weighted by molar-refractivity contribution is 7.98. The Kier molecular flexibility index (Phi) is 7.17. The van der Waals surface area contributed by atoms with Crippen LogP contribution in [0.3, 0.4) is 0 Å². The number of aryl methyl sites for hydroxylation is 2. The predicted molar refractivity (Wildman–Crippen MR) is 139 cm³/mol. The fraction of sp³-hybridized carbons (Fsp3) is 0.250. The van der Waals surface area contributed by atoms with Crippen molar-refractivity contribution in [3.05, 3.63) is 71.5 Å². The molecule has 0 saturated carbocycles. The smallest absolute Gasteiger partial charge is 0.162 e. The monoisotopic (exact) mass is 475 g/mol. The molecular weight excluding hydrogens is 446 g/mol. The molecule has 0 atom stereocenters. The first kappa shape index (κ1) is 23.8. The Labute approximate surface area is 204 Å². The Hall–Kier alpha value is -3.38. The average molecular weight is 476 g/mol. The summed E-state index contributed by atoms with van der Waals surface area (Å²) in [5.74, 6) is 3.67. The van der Waals surface area contributed by atoms with E-state index in [4.69, 9.17) is 23.6 Å². The number of rotatable bonds is 7. The number of nitrogens with zero attached hydrogens (tertiary/aromatic N) is 1. The lowest BCUT2D eigenvalue weighted by Crippen LogP contribution is -2.00. The van der Waals surface area contributed by atoms with E-state index in [1.54, 1.807) is 26.0 Å². The third-order valence-corrected chi connectivity index (χ3v) is 6.43. The molecule has 0 saturated heterocycles. The van der Waals surface area contributed by atoms with Crippen LogP contribution in [0.1, 0.15) is 18.4 Å². The van der Waals surface area contributed by atoms with E-state index in [1.165, 1.54) is 4.90 Å². The number of fused-ring (bicyclic) bond motifs is 1. The Morgan fingerprint density at radius 3 is 2.15 bits per heavy atom. The molecule has 0 amide bonds. The Balaban J connectivity index is 2.07. The minimum Gasteiger partial charge on any atom is -0.493 e. The molecule has 0 aliphatic heterocycles. The van der Waals surface area contributed by atoms with E-state index in [1.807, 2.05) is 39.0 Å². The molecule has 1 aromatic heterocycles. The van der Waals surface area contributed by atoms with Crippen LogP contribution in [0.5, 0.6) is 17.2 Å². The molecule has 0 bridgehead atoms. The first-order chi connectivity index (χ1) is 16.5. The van der Waals surface area contributed by atoms with Crippen LogP contribution >= 0.6 is 11.8 Å². The molecule has 6 heteroatoms. The summed E-state index contributed by atoms with van der Waals surface area (Å²) in [6, 6.07) is 18.3. The third kappa shape index (κ3) is 4.64. The van der Waals surface area contributed by atoms with Crippen molar-refractivity contribution in [1.82, 2.24) is 0 Å². The van der Waals surface area contributed by atoms with Crippen molar-refractivity contribution < 1.29 is 18.6 Å². The van der Waals surface area contributed by atoms with E-state index in [-0.39, 0.29) is 0 Å². The summed E-state index contributed by atoms with van der Waals surface area (Å²) in [4.78, 5) is 6.25. The summed E-state index contributed by atoms with van der Waals surface area (Å²) < 4.78 is 23.0. The molecule has 0 unspecified atom stereocenters. The van der Waals surface area contributed by atoms with Gasteiger partial charge in [0.15, 0.2) is 11.5 Å². The van der Waals surface area contributed by atoms with E-state index in [0.717, 1.165) is 50.2 Å². The van der Waals surface area contributed by atoms with Crippen LogP contribution in [-0.2, 0) is 0 Å². The van der Waals surface area contributed by atoms with E-state index >= 15 is 0 Å². The zero-order valence-corrected chi connectivity index (χ0v) is 21.2. The summed E-state index contributed by atoms with van der Waals surface area (Å²) in [7, 11) is 3.24. The minimum absolute atomic E-state index is 0.551. The fourth-order valence-electron chi connectivity index (χ4n) is 4.10. The van der Waals surface area contributed by atoms with Gasteiger partial charge in [-0.2, -0.15) is 0 Å². The molecule has 3 aromatic carbocycles. The van der Waals surface area contributed by atoms with E-state index in [9.17, 15) is 0 Å². The molecule has 34 heavy (non-hydrogen) atoms. The third-order valence-electron chi connectivity index (χ3n) is 5.68. The van der Waals surface area contributed by atoms with Gasteiger partial charge < -0.3 is 18.6 Å². The normalized spacial score (nSPS) is 11.6. The summed E-state index contributed by atoms with van der Waals surface area (Å²) in [5, 5.41) is 2.67. The number of methoxy groups -OCH3 is 2. The summed E-state index contributed by atoms with van der Waals surface area (Å²) in [5.41, 5.74) is 2.86. The van der Waals surface area contributed by atoms with Crippen LogP contribution in [0.15, 0.2) is 68.9 Å². The van der Waals surface area contributed by atoms with Gasteiger partial charge in [0.2, 0.25) is 0 Å². The van der Waals surface area contributed by atoms with Crippen molar-refractivity contribution in [3.63, 3.8) is 0 Å². The van der Waals surface area contributed by atoms with Crippen molar-refractivity contribution in [2.75, 3.05) is 27.1 Å². The second-order valence-corrected chi connectivity index (χ2v) is 8.65. The first-order valence-corrected chi connectivity index (χ1v) is 12.3. The maximum Gasteiger partial charge on any atom is 0.162 e. The SMILES string of the molecule is CCOc1cc(-c2ccc(SC)cc2)cc(=Nc2ccc(OC)c(OC)c2)c2c(C)oc(C)c12. The van der Waals surface area contributed by atoms with Gasteiger partial charge in [0.1, 0.15) is 17.3 Å². The average Bonchev–Trinajstić information content (AvgIpc) is 3.05. The van der Waals surface area contributed by atoms with Crippen LogP contribution < -0.4 is 19.6 Å². The zero-order valence-electron chi connectivity index (χ0n) is 20.4. The molecule has 4 rings (SSSR count). The van der Waals surface area contributed by atoms with Crippen molar-refractivity contribution in [3.8, 4) is 28.4 Å². The van der Waals surface area contributed by atoms with Crippen molar-refractivity contribution in [1.29, 1.82) is 0 Å². The second-order valence-electron chi connectivity index (χ2n) is 7.77. The van der Waals surface area contributed by atoms with E-state index < -0.39 is 0 Å². The molecule has 5 nitrogen and oxygen atoms in total. The number of hydrogen-bond donors (Lipinski definition) is 0. The molecule has 0 aliphatic carbocycles. The van der Waals surface area contributed by atoms with Gasteiger partial charge in [0.05, 0.1) is 42.6 Å². The van der Waals surface area contributed by atoms with Crippen molar-refractivity contribution in [2.45, 2.75) is 25.7 Å². The van der Waals surface area contributed by atoms with Crippen molar-refractivity contribution >= 4 is 28.2 Å². The van der Waals surface area contributed by atoms with Gasteiger partial charge in [-0.1, -0.05) is 12.1 Å². The number of benzene rings is 2. The molecule has 0 radical (unpaired) electrons. The predicted octanol–water partition coefficient (Wildman–Crippen LogP) is 7.09. The first-order valence-electron chi connectivity index (χ1n) is 11.1. The van der Waals surface area contributed by atoms with Crippen LogP contribution in [0, 0.1) is 13.8 Å². The highest BCUT2D eigenvalue weighted by atomic mass is 32.2. The molecule has 4 aromatic rings. The summed E-state index contributed by atoms with van der Waals surface area (Å²) >= 11 is 1.72. The van der Waals surface area contributed by atoms with Gasteiger partial charge in [-0.05, 0) is 74.6 Å². The van der Waals surface area contributed by atoms with Gasteiger partial charge in [-0.15, -0.1) is 11.8 Å². The lowest BCUT2D eigenvalue weighted by atomic mass is 10.1. The van der Waals surface area contributed by atoms with Crippen LogP contribution in [0.25, 0.3) is 21.9 Å². The van der Waals surface area contributed by atoms with Gasteiger partial charge in [0, 0.05) is 11.0 Å². The lowest BCUT2D eigenvalue weighted by Gasteiger charge is -2.07. The molecule has 0 aliphatic rings. The number of thioether (sulfide) groups is 1. The molecule has 0 spiro atoms. The fourth-order valence-corrected chi connectivity index (χ4v) is 4.51. The molecule has 1 heterocycles. The summed E-state index contributed by atoms with van der Waals surface area (Å²) in [6.45, 7) is 6.47. The maximum absolute atomic E-state index is 6.11. The number of furan rings is 1.